The van der Waals surface area contributed by atoms with Crippen LogP contribution in [0.25, 0.3) is 11.0 Å². The van der Waals surface area contributed by atoms with Crippen LogP contribution in [0.15, 0.2) is 78.9 Å². The molecule has 36 heavy (non-hydrogen) atoms. The summed E-state index contributed by atoms with van der Waals surface area (Å²) in [5.41, 5.74) is 4.17. The van der Waals surface area contributed by atoms with E-state index in [4.69, 9.17) is 9.72 Å². The Kier molecular flexibility index (Phi) is 7.62. The predicted molar refractivity (Wildman–Crippen MR) is 143 cm³/mol. The maximum Gasteiger partial charge on any atom is 0.253 e. The van der Waals surface area contributed by atoms with E-state index in [1.165, 1.54) is 5.56 Å². The van der Waals surface area contributed by atoms with E-state index in [9.17, 15) is 4.79 Å². The van der Waals surface area contributed by atoms with Crippen LogP contribution >= 0.6 is 0 Å². The first-order chi connectivity index (χ1) is 17.7. The van der Waals surface area contributed by atoms with Crippen LogP contribution in [0.4, 0.5) is 0 Å². The number of benzene rings is 3. The molecule has 186 valence electrons. The van der Waals surface area contributed by atoms with Crippen molar-refractivity contribution in [2.45, 2.75) is 32.9 Å². The summed E-state index contributed by atoms with van der Waals surface area (Å²) >= 11 is 0. The summed E-state index contributed by atoms with van der Waals surface area (Å²) in [6.07, 6.45) is 2.14. The van der Waals surface area contributed by atoms with Gasteiger partial charge in [0.2, 0.25) is 0 Å². The molecule has 0 spiro atoms. The van der Waals surface area contributed by atoms with Gasteiger partial charge in [0, 0.05) is 38.3 Å². The summed E-state index contributed by atoms with van der Waals surface area (Å²) in [7, 11) is 0. The number of piperazine rings is 1. The topological polar surface area (TPSA) is 50.6 Å². The summed E-state index contributed by atoms with van der Waals surface area (Å²) in [6, 6.07) is 26.4. The highest BCUT2D eigenvalue weighted by Gasteiger charge is 2.24. The zero-order chi connectivity index (χ0) is 24.7. The molecule has 6 nitrogen and oxygen atoms in total. The van der Waals surface area contributed by atoms with Gasteiger partial charge in [0.25, 0.3) is 5.91 Å². The summed E-state index contributed by atoms with van der Waals surface area (Å²) < 4.78 is 8.05. The standard InChI is InChI=1S/C30H34N4O2/c1-2-3-21-36-26-15-13-25(14-16-26)30(35)33-19-17-32(18-20-33)23-29-31-27-11-7-8-12-28(27)34(29)22-24-9-5-4-6-10-24/h4-16H,2-3,17-23H2,1H3. The monoisotopic (exact) mass is 482 g/mol. The van der Waals surface area contributed by atoms with Crippen LogP contribution in [0.1, 0.15) is 41.5 Å². The minimum Gasteiger partial charge on any atom is -0.494 e. The van der Waals surface area contributed by atoms with Gasteiger partial charge in [-0.2, -0.15) is 0 Å². The van der Waals surface area contributed by atoms with Crippen molar-refractivity contribution >= 4 is 16.9 Å². The van der Waals surface area contributed by atoms with Crippen LogP contribution < -0.4 is 4.74 Å². The highest BCUT2D eigenvalue weighted by atomic mass is 16.5. The van der Waals surface area contributed by atoms with E-state index in [1.807, 2.05) is 41.3 Å². The van der Waals surface area contributed by atoms with E-state index >= 15 is 0 Å². The number of unbranched alkanes of at least 4 members (excludes halogenated alkanes) is 1. The molecule has 1 fully saturated rings. The first-order valence-electron chi connectivity index (χ1n) is 12.9. The first-order valence-corrected chi connectivity index (χ1v) is 12.9. The van der Waals surface area contributed by atoms with Gasteiger partial charge in [-0.05, 0) is 48.4 Å². The normalized spacial score (nSPS) is 14.3. The van der Waals surface area contributed by atoms with Crippen LogP contribution in [0.2, 0.25) is 0 Å². The Morgan fingerprint density at radius 3 is 2.33 bits per heavy atom. The molecule has 4 aromatic rings. The summed E-state index contributed by atoms with van der Waals surface area (Å²) in [4.78, 5) is 22.4. The predicted octanol–water partition coefficient (Wildman–Crippen LogP) is 5.22. The van der Waals surface area contributed by atoms with Crippen LogP contribution in [0.5, 0.6) is 5.75 Å². The molecule has 0 bridgehead atoms. The number of carbonyl (C=O) groups excluding carboxylic acids is 1. The van der Waals surface area contributed by atoms with Gasteiger partial charge in [0.1, 0.15) is 11.6 Å². The molecule has 0 aliphatic carbocycles. The van der Waals surface area contributed by atoms with Crippen molar-refractivity contribution in [3.63, 3.8) is 0 Å². The third-order valence-corrected chi connectivity index (χ3v) is 6.81. The zero-order valence-electron chi connectivity index (χ0n) is 21.0. The SMILES string of the molecule is CCCCOc1ccc(C(=O)N2CCN(Cc3nc4ccccc4n3Cc3ccccc3)CC2)cc1. The Hall–Kier alpha value is -3.64. The molecule has 5 rings (SSSR count). The third kappa shape index (κ3) is 5.60. The Labute approximate surface area is 213 Å². The first kappa shape index (κ1) is 24.1. The van der Waals surface area contributed by atoms with Crippen molar-refractivity contribution in [3.8, 4) is 5.75 Å². The highest BCUT2D eigenvalue weighted by Crippen LogP contribution is 2.21. The Morgan fingerprint density at radius 1 is 0.861 bits per heavy atom. The number of para-hydroxylation sites is 2. The fourth-order valence-electron chi connectivity index (χ4n) is 4.71. The molecule has 2 heterocycles. The zero-order valence-corrected chi connectivity index (χ0v) is 21.0. The number of fused-ring (bicyclic) bond motifs is 1. The second-order valence-electron chi connectivity index (χ2n) is 9.38. The minimum absolute atomic E-state index is 0.0890. The third-order valence-electron chi connectivity index (χ3n) is 6.81. The van der Waals surface area contributed by atoms with E-state index in [2.05, 4.69) is 58.9 Å². The smallest absolute Gasteiger partial charge is 0.253 e. The average Bonchev–Trinajstić information content (AvgIpc) is 3.26. The summed E-state index contributed by atoms with van der Waals surface area (Å²) in [5, 5.41) is 0. The van der Waals surface area contributed by atoms with Crippen molar-refractivity contribution < 1.29 is 9.53 Å². The quantitative estimate of drug-likeness (QED) is 0.307. The molecule has 6 heteroatoms. The van der Waals surface area contributed by atoms with Crippen LogP contribution in [0.3, 0.4) is 0 Å². The lowest BCUT2D eigenvalue weighted by Crippen LogP contribution is -2.48. The van der Waals surface area contributed by atoms with Crippen molar-refractivity contribution in [2.24, 2.45) is 0 Å². The number of imidazole rings is 1. The van der Waals surface area contributed by atoms with Gasteiger partial charge in [0.05, 0.1) is 24.2 Å². The molecule has 1 aromatic heterocycles. The molecule has 0 saturated carbocycles. The number of carbonyl (C=O) groups is 1. The second kappa shape index (κ2) is 11.4. The fraction of sp³-hybridized carbons (Fsp3) is 0.333. The maximum absolute atomic E-state index is 13.1. The summed E-state index contributed by atoms with van der Waals surface area (Å²) in [6.45, 7) is 7.52. The number of amides is 1. The highest BCUT2D eigenvalue weighted by molar-refractivity contribution is 5.94. The molecular weight excluding hydrogens is 448 g/mol. The molecule has 1 aliphatic rings. The number of rotatable bonds is 9. The number of aromatic nitrogens is 2. The molecule has 1 saturated heterocycles. The van der Waals surface area contributed by atoms with Gasteiger partial charge in [0.15, 0.2) is 0 Å². The van der Waals surface area contributed by atoms with Crippen molar-refractivity contribution in [1.82, 2.24) is 19.4 Å². The average molecular weight is 483 g/mol. The molecular formula is C30H34N4O2. The molecule has 0 unspecified atom stereocenters. The molecule has 0 atom stereocenters. The molecule has 0 radical (unpaired) electrons. The Balaban J connectivity index is 1.22. The van der Waals surface area contributed by atoms with Crippen molar-refractivity contribution in [3.05, 3.63) is 95.8 Å². The number of nitrogens with zero attached hydrogens (tertiary/aromatic N) is 4. The van der Waals surface area contributed by atoms with Crippen LogP contribution in [0, 0.1) is 0 Å². The van der Waals surface area contributed by atoms with Gasteiger partial charge in [-0.25, -0.2) is 4.98 Å². The lowest BCUT2D eigenvalue weighted by Gasteiger charge is -2.34. The lowest BCUT2D eigenvalue weighted by atomic mass is 10.1. The van der Waals surface area contributed by atoms with E-state index in [1.54, 1.807) is 0 Å². The fourth-order valence-corrected chi connectivity index (χ4v) is 4.71. The number of ether oxygens (including phenoxy) is 1. The van der Waals surface area contributed by atoms with Gasteiger partial charge < -0.3 is 14.2 Å². The molecule has 0 N–H and O–H groups in total. The number of hydrogen-bond acceptors (Lipinski definition) is 4. The molecule has 1 amide bonds. The van der Waals surface area contributed by atoms with Crippen molar-refractivity contribution in [1.29, 1.82) is 0 Å². The van der Waals surface area contributed by atoms with E-state index in [-0.39, 0.29) is 5.91 Å². The largest absolute Gasteiger partial charge is 0.494 e. The van der Waals surface area contributed by atoms with Gasteiger partial charge in [-0.1, -0.05) is 55.8 Å². The van der Waals surface area contributed by atoms with E-state index < -0.39 is 0 Å². The minimum atomic E-state index is 0.0890. The Bertz CT molecular complexity index is 1280. The van der Waals surface area contributed by atoms with E-state index in [0.29, 0.717) is 19.7 Å². The van der Waals surface area contributed by atoms with Gasteiger partial charge in [-0.3, -0.25) is 9.69 Å². The molecule has 3 aromatic carbocycles. The van der Waals surface area contributed by atoms with E-state index in [0.717, 1.165) is 67.2 Å². The second-order valence-corrected chi connectivity index (χ2v) is 9.38. The van der Waals surface area contributed by atoms with Gasteiger partial charge in [-0.15, -0.1) is 0 Å². The molecule has 1 aliphatic heterocycles. The van der Waals surface area contributed by atoms with Crippen molar-refractivity contribution in [2.75, 3.05) is 32.8 Å². The van der Waals surface area contributed by atoms with Crippen LogP contribution in [-0.4, -0.2) is 58.0 Å². The lowest BCUT2D eigenvalue weighted by molar-refractivity contribution is 0.0624. The summed E-state index contributed by atoms with van der Waals surface area (Å²) in [5.74, 6) is 1.98. The van der Waals surface area contributed by atoms with Crippen LogP contribution in [-0.2, 0) is 13.1 Å². The Morgan fingerprint density at radius 2 is 1.58 bits per heavy atom. The maximum atomic E-state index is 13.1. The number of hydrogen-bond donors (Lipinski definition) is 0. The van der Waals surface area contributed by atoms with Gasteiger partial charge >= 0.3 is 0 Å².